The van der Waals surface area contributed by atoms with Crippen LogP contribution in [-0.4, -0.2) is 31.1 Å². The Balaban J connectivity index is 1.76. The van der Waals surface area contributed by atoms with Crippen LogP contribution in [0.4, 0.5) is 17.1 Å². The first-order chi connectivity index (χ1) is 12.6. The number of nitro groups is 1. The Labute approximate surface area is 151 Å². The fourth-order valence-corrected chi connectivity index (χ4v) is 3.11. The maximum atomic E-state index is 12.5. The van der Waals surface area contributed by atoms with Gasteiger partial charge >= 0.3 is 0 Å². The molecule has 0 bridgehead atoms. The largest absolute Gasteiger partial charge is 0.383 e. The second kappa shape index (κ2) is 7.97. The van der Waals surface area contributed by atoms with Crippen molar-refractivity contribution >= 4 is 23.0 Å². The van der Waals surface area contributed by atoms with Crippen molar-refractivity contribution in [3.63, 3.8) is 0 Å². The maximum absolute atomic E-state index is 12.5. The van der Waals surface area contributed by atoms with Crippen LogP contribution in [-0.2, 0) is 17.6 Å². The first-order valence-electron chi connectivity index (χ1n) is 8.53. The molecule has 0 aromatic heterocycles. The number of hydrogen-bond donors (Lipinski definition) is 2. The van der Waals surface area contributed by atoms with Gasteiger partial charge in [0.05, 0.1) is 11.5 Å². The van der Waals surface area contributed by atoms with Crippen LogP contribution in [0.2, 0.25) is 0 Å². The van der Waals surface area contributed by atoms with Gasteiger partial charge in [-0.15, -0.1) is 0 Å². The van der Waals surface area contributed by atoms with Gasteiger partial charge in [-0.2, -0.15) is 0 Å². The zero-order valence-electron chi connectivity index (χ0n) is 14.6. The standard InChI is InChI=1S/C19H21N3O4/c1-26-10-9-20-17-8-6-15(12-18(17)22(24)25)19(23)21-16-7-5-13-3-2-4-14(13)11-16/h5-8,11-12,20H,2-4,9-10H2,1H3,(H,21,23). The fourth-order valence-electron chi connectivity index (χ4n) is 3.11. The van der Waals surface area contributed by atoms with Crippen molar-refractivity contribution < 1.29 is 14.5 Å². The minimum atomic E-state index is -0.499. The molecule has 7 nitrogen and oxygen atoms in total. The molecule has 0 saturated heterocycles. The van der Waals surface area contributed by atoms with Crippen LogP contribution in [0.15, 0.2) is 36.4 Å². The third-order valence-corrected chi connectivity index (χ3v) is 4.43. The summed E-state index contributed by atoms with van der Waals surface area (Å²) in [6, 6.07) is 10.3. The number of aryl methyl sites for hydroxylation is 2. The highest BCUT2D eigenvalue weighted by molar-refractivity contribution is 6.05. The van der Waals surface area contributed by atoms with Gasteiger partial charge in [0.25, 0.3) is 11.6 Å². The van der Waals surface area contributed by atoms with Gasteiger partial charge in [0.15, 0.2) is 0 Å². The zero-order valence-corrected chi connectivity index (χ0v) is 14.6. The molecule has 1 aliphatic carbocycles. The molecule has 0 atom stereocenters. The van der Waals surface area contributed by atoms with E-state index < -0.39 is 4.92 Å². The number of nitrogens with zero attached hydrogens (tertiary/aromatic N) is 1. The summed E-state index contributed by atoms with van der Waals surface area (Å²) < 4.78 is 4.93. The van der Waals surface area contributed by atoms with Gasteiger partial charge < -0.3 is 15.4 Å². The number of hydrogen-bond acceptors (Lipinski definition) is 5. The molecule has 2 N–H and O–H groups in total. The highest BCUT2D eigenvalue weighted by atomic mass is 16.6. The van der Waals surface area contributed by atoms with E-state index in [2.05, 4.69) is 10.6 Å². The number of fused-ring (bicyclic) bond motifs is 1. The van der Waals surface area contributed by atoms with E-state index in [4.69, 9.17) is 4.74 Å². The molecule has 0 heterocycles. The van der Waals surface area contributed by atoms with Crippen LogP contribution in [0, 0.1) is 10.1 Å². The summed E-state index contributed by atoms with van der Waals surface area (Å²) in [5.74, 6) is -0.366. The summed E-state index contributed by atoms with van der Waals surface area (Å²) in [4.78, 5) is 23.3. The molecule has 26 heavy (non-hydrogen) atoms. The van der Waals surface area contributed by atoms with Gasteiger partial charge in [-0.05, 0) is 54.7 Å². The molecule has 0 saturated carbocycles. The molecule has 136 valence electrons. The number of methoxy groups -OCH3 is 1. The van der Waals surface area contributed by atoms with Gasteiger partial charge in [-0.1, -0.05) is 6.07 Å². The van der Waals surface area contributed by atoms with Gasteiger partial charge in [0.1, 0.15) is 5.69 Å². The monoisotopic (exact) mass is 355 g/mol. The molecule has 2 aromatic carbocycles. The Bertz CT molecular complexity index is 836. The van der Waals surface area contributed by atoms with E-state index in [1.54, 1.807) is 19.2 Å². The van der Waals surface area contributed by atoms with Crippen molar-refractivity contribution in [1.29, 1.82) is 0 Å². The Kier molecular flexibility index (Phi) is 5.48. The third kappa shape index (κ3) is 4.00. The predicted octanol–water partition coefficient (Wildman–Crippen LogP) is 3.39. The summed E-state index contributed by atoms with van der Waals surface area (Å²) in [6.45, 7) is 0.871. The van der Waals surface area contributed by atoms with Crippen LogP contribution in [0.1, 0.15) is 27.9 Å². The number of carbonyl (C=O) groups is 1. The number of benzene rings is 2. The highest BCUT2D eigenvalue weighted by Gasteiger charge is 2.18. The van der Waals surface area contributed by atoms with Crippen LogP contribution in [0.25, 0.3) is 0 Å². The Morgan fingerprint density at radius 1 is 1.19 bits per heavy atom. The average Bonchev–Trinajstić information content (AvgIpc) is 3.09. The second-order valence-corrected chi connectivity index (χ2v) is 6.20. The summed E-state index contributed by atoms with van der Waals surface area (Å²) in [7, 11) is 1.56. The number of amides is 1. The topological polar surface area (TPSA) is 93.5 Å². The van der Waals surface area contributed by atoms with E-state index in [-0.39, 0.29) is 17.2 Å². The van der Waals surface area contributed by atoms with Gasteiger partial charge in [-0.3, -0.25) is 14.9 Å². The summed E-state index contributed by atoms with van der Waals surface area (Å²) in [6.07, 6.45) is 3.23. The number of carbonyl (C=O) groups excluding carboxylic acids is 1. The molecule has 0 unspecified atom stereocenters. The van der Waals surface area contributed by atoms with Gasteiger partial charge in [0.2, 0.25) is 0 Å². The Morgan fingerprint density at radius 2 is 2.00 bits per heavy atom. The molecule has 1 amide bonds. The molecule has 3 rings (SSSR count). The first-order valence-corrected chi connectivity index (χ1v) is 8.53. The average molecular weight is 355 g/mol. The van der Waals surface area contributed by atoms with E-state index in [1.165, 1.54) is 17.2 Å². The highest BCUT2D eigenvalue weighted by Crippen LogP contribution is 2.27. The molecule has 1 aliphatic rings. The van der Waals surface area contributed by atoms with E-state index in [0.29, 0.717) is 24.5 Å². The van der Waals surface area contributed by atoms with Crippen molar-refractivity contribution in [2.75, 3.05) is 30.9 Å². The number of nitrogens with one attached hydrogen (secondary N) is 2. The van der Waals surface area contributed by atoms with Crippen molar-refractivity contribution in [1.82, 2.24) is 0 Å². The molecule has 0 radical (unpaired) electrons. The Morgan fingerprint density at radius 3 is 2.77 bits per heavy atom. The molecular formula is C19H21N3O4. The molecular weight excluding hydrogens is 334 g/mol. The number of nitro benzene ring substituents is 1. The summed E-state index contributed by atoms with van der Waals surface area (Å²) in [5.41, 5.74) is 3.76. The second-order valence-electron chi connectivity index (χ2n) is 6.20. The molecule has 0 aliphatic heterocycles. The minimum absolute atomic E-state index is 0.136. The van der Waals surface area contributed by atoms with Crippen molar-refractivity contribution in [2.45, 2.75) is 19.3 Å². The van der Waals surface area contributed by atoms with E-state index in [1.807, 2.05) is 18.2 Å². The quantitative estimate of drug-likeness (QED) is 0.451. The van der Waals surface area contributed by atoms with Gasteiger partial charge in [-0.25, -0.2) is 0 Å². The lowest BCUT2D eigenvalue weighted by molar-refractivity contribution is -0.384. The lowest BCUT2D eigenvalue weighted by Gasteiger charge is -2.10. The first kappa shape index (κ1) is 17.9. The smallest absolute Gasteiger partial charge is 0.293 e. The predicted molar refractivity (Wildman–Crippen MR) is 99.9 cm³/mol. The molecule has 2 aromatic rings. The fraction of sp³-hybridized carbons (Fsp3) is 0.316. The minimum Gasteiger partial charge on any atom is -0.383 e. The number of anilines is 2. The Hall–Kier alpha value is -2.93. The van der Waals surface area contributed by atoms with Crippen molar-refractivity contribution in [3.8, 4) is 0 Å². The number of ether oxygens (including phenoxy) is 1. The lowest BCUT2D eigenvalue weighted by atomic mass is 10.1. The third-order valence-electron chi connectivity index (χ3n) is 4.43. The summed E-state index contributed by atoms with van der Waals surface area (Å²) in [5, 5.41) is 17.1. The zero-order chi connectivity index (χ0) is 18.5. The molecule has 0 spiro atoms. The van der Waals surface area contributed by atoms with Crippen molar-refractivity contribution in [2.24, 2.45) is 0 Å². The number of rotatable bonds is 7. The van der Waals surface area contributed by atoms with Crippen molar-refractivity contribution in [3.05, 3.63) is 63.2 Å². The SMILES string of the molecule is COCCNc1ccc(C(=O)Nc2ccc3c(c2)CCC3)cc1[N+](=O)[O-]. The van der Waals surface area contributed by atoms with Gasteiger partial charge in [0, 0.05) is 31.0 Å². The van der Waals surface area contributed by atoms with Crippen LogP contribution in [0.3, 0.4) is 0 Å². The van der Waals surface area contributed by atoms with E-state index in [9.17, 15) is 14.9 Å². The van der Waals surface area contributed by atoms with Crippen LogP contribution >= 0.6 is 0 Å². The van der Waals surface area contributed by atoms with Crippen LogP contribution < -0.4 is 10.6 Å². The summed E-state index contributed by atoms with van der Waals surface area (Å²) >= 11 is 0. The maximum Gasteiger partial charge on any atom is 0.293 e. The van der Waals surface area contributed by atoms with E-state index >= 15 is 0 Å². The lowest BCUT2D eigenvalue weighted by Crippen LogP contribution is -2.14. The normalized spacial score (nSPS) is 12.5. The van der Waals surface area contributed by atoms with Crippen LogP contribution in [0.5, 0.6) is 0 Å². The molecule has 0 fully saturated rings. The molecule has 7 heteroatoms. The van der Waals surface area contributed by atoms with E-state index in [0.717, 1.165) is 19.3 Å².